The zero-order chi connectivity index (χ0) is 20.9. The number of nitrogens with one attached hydrogen (secondary N) is 1. The van der Waals surface area contributed by atoms with Gasteiger partial charge in [-0.3, -0.25) is 4.98 Å². The maximum absolute atomic E-state index is 6.51. The quantitative estimate of drug-likeness (QED) is 0.582. The molecule has 2 fully saturated rings. The first-order valence-corrected chi connectivity index (χ1v) is 11.7. The van der Waals surface area contributed by atoms with Crippen LogP contribution in [0.2, 0.25) is 10.2 Å². The van der Waals surface area contributed by atoms with E-state index in [1.807, 2.05) is 6.07 Å². The third-order valence-electron chi connectivity index (χ3n) is 6.37. The average molecular weight is 449 g/mol. The number of rotatable bonds is 6. The van der Waals surface area contributed by atoms with Crippen molar-refractivity contribution in [2.24, 2.45) is 17.6 Å². The van der Waals surface area contributed by atoms with E-state index in [4.69, 9.17) is 33.7 Å². The molecule has 3 heterocycles. The molecule has 30 heavy (non-hydrogen) atoms. The molecule has 1 saturated heterocycles. The van der Waals surface area contributed by atoms with E-state index < -0.39 is 0 Å². The van der Waals surface area contributed by atoms with E-state index in [0.717, 1.165) is 74.4 Å². The first-order chi connectivity index (χ1) is 14.6. The molecule has 2 aromatic heterocycles. The third-order valence-corrected chi connectivity index (χ3v) is 6.98. The number of hydrogen-bond acceptors (Lipinski definition) is 5. The van der Waals surface area contributed by atoms with Gasteiger partial charge in [0.2, 0.25) is 0 Å². The molecule has 3 N–H and O–H groups in total. The number of anilines is 1. The normalized spacial score (nSPS) is 22.8. The minimum absolute atomic E-state index is 0.363. The van der Waals surface area contributed by atoms with Gasteiger partial charge in [0.05, 0.1) is 10.7 Å². The highest BCUT2D eigenvalue weighted by Gasteiger charge is 2.20. The Hall–Kier alpha value is -1.40. The van der Waals surface area contributed by atoms with Crippen molar-refractivity contribution in [1.29, 1.82) is 0 Å². The highest BCUT2D eigenvalue weighted by atomic mass is 35.5. The Morgan fingerprint density at radius 1 is 0.967 bits per heavy atom. The molecule has 5 nitrogen and oxygen atoms in total. The van der Waals surface area contributed by atoms with Gasteiger partial charge in [-0.25, -0.2) is 4.98 Å². The molecule has 1 aliphatic carbocycles. The zero-order valence-electron chi connectivity index (χ0n) is 17.2. The van der Waals surface area contributed by atoms with Gasteiger partial charge >= 0.3 is 0 Å². The second-order valence-electron chi connectivity index (χ2n) is 8.64. The van der Waals surface area contributed by atoms with Gasteiger partial charge in [0.25, 0.3) is 0 Å². The van der Waals surface area contributed by atoms with Crippen LogP contribution >= 0.6 is 23.2 Å². The summed E-state index contributed by atoms with van der Waals surface area (Å²) in [6, 6.07) is 4.51. The van der Waals surface area contributed by atoms with Crippen LogP contribution in [0.5, 0.6) is 0 Å². The Morgan fingerprint density at radius 3 is 2.50 bits per heavy atom. The van der Waals surface area contributed by atoms with Crippen molar-refractivity contribution < 1.29 is 4.74 Å². The van der Waals surface area contributed by atoms with Crippen molar-refractivity contribution >= 4 is 28.9 Å². The number of halogens is 2. The summed E-state index contributed by atoms with van der Waals surface area (Å²) in [5, 5.41) is 4.59. The molecular formula is C23H30Cl2N4O. The van der Waals surface area contributed by atoms with Crippen LogP contribution in [-0.2, 0) is 11.2 Å². The number of pyridine rings is 2. The molecule has 0 unspecified atom stereocenters. The molecule has 0 bridgehead atoms. The fourth-order valence-corrected chi connectivity index (χ4v) is 4.81. The van der Waals surface area contributed by atoms with E-state index in [2.05, 4.69) is 21.4 Å². The Morgan fingerprint density at radius 2 is 1.73 bits per heavy atom. The Balaban J connectivity index is 1.48. The summed E-state index contributed by atoms with van der Waals surface area (Å²) < 4.78 is 5.44. The number of nitrogens with two attached hydrogens (primary N) is 1. The highest BCUT2D eigenvalue weighted by Crippen LogP contribution is 2.33. The molecule has 0 amide bonds. The highest BCUT2D eigenvalue weighted by molar-refractivity contribution is 6.33. The Labute approximate surface area is 188 Å². The predicted molar refractivity (Wildman–Crippen MR) is 123 cm³/mol. The molecule has 0 radical (unpaired) electrons. The fraction of sp³-hybridized carbons (Fsp3) is 0.565. The summed E-state index contributed by atoms with van der Waals surface area (Å²) in [6.07, 6.45) is 11.2. The molecule has 2 aromatic rings. The van der Waals surface area contributed by atoms with Gasteiger partial charge in [-0.15, -0.1) is 0 Å². The lowest BCUT2D eigenvalue weighted by atomic mass is 9.83. The van der Waals surface area contributed by atoms with Crippen LogP contribution in [0.4, 0.5) is 5.69 Å². The van der Waals surface area contributed by atoms with Gasteiger partial charge in [0, 0.05) is 55.0 Å². The van der Waals surface area contributed by atoms with Crippen molar-refractivity contribution in [3.63, 3.8) is 0 Å². The molecule has 162 valence electrons. The maximum Gasteiger partial charge on any atom is 0.152 e. The monoisotopic (exact) mass is 448 g/mol. The van der Waals surface area contributed by atoms with E-state index in [1.54, 1.807) is 12.4 Å². The number of nitrogens with zero attached hydrogens (tertiary/aromatic N) is 2. The molecule has 4 rings (SSSR count). The van der Waals surface area contributed by atoms with Crippen LogP contribution in [0.25, 0.3) is 11.1 Å². The topological polar surface area (TPSA) is 73.1 Å². The minimum Gasteiger partial charge on any atom is -0.382 e. The summed E-state index contributed by atoms with van der Waals surface area (Å²) in [5.41, 5.74) is 9.86. The zero-order valence-corrected chi connectivity index (χ0v) is 18.8. The summed E-state index contributed by atoms with van der Waals surface area (Å²) in [6.45, 7) is 2.54. The second kappa shape index (κ2) is 10.3. The van der Waals surface area contributed by atoms with Crippen LogP contribution in [0.3, 0.4) is 0 Å². The second-order valence-corrected chi connectivity index (χ2v) is 9.40. The van der Waals surface area contributed by atoms with Crippen LogP contribution in [0, 0.1) is 11.8 Å². The van der Waals surface area contributed by atoms with Crippen molar-refractivity contribution in [1.82, 2.24) is 9.97 Å². The molecule has 7 heteroatoms. The molecule has 0 spiro atoms. The lowest BCUT2D eigenvalue weighted by Gasteiger charge is -2.25. The smallest absolute Gasteiger partial charge is 0.152 e. The Kier molecular flexibility index (Phi) is 7.47. The van der Waals surface area contributed by atoms with E-state index in [-0.39, 0.29) is 0 Å². The van der Waals surface area contributed by atoms with E-state index in [9.17, 15) is 0 Å². The molecule has 0 aromatic carbocycles. The first-order valence-electron chi connectivity index (χ1n) is 11.0. The van der Waals surface area contributed by atoms with Crippen LogP contribution in [0.1, 0.15) is 44.2 Å². The van der Waals surface area contributed by atoms with Crippen molar-refractivity contribution in [3.8, 4) is 11.1 Å². The van der Waals surface area contributed by atoms with Crippen LogP contribution < -0.4 is 11.1 Å². The largest absolute Gasteiger partial charge is 0.382 e. The van der Waals surface area contributed by atoms with Gasteiger partial charge in [0.15, 0.2) is 5.15 Å². The van der Waals surface area contributed by atoms with Gasteiger partial charge in [-0.2, -0.15) is 0 Å². The number of aromatic nitrogens is 2. The predicted octanol–water partition coefficient (Wildman–Crippen LogP) is 5.35. The summed E-state index contributed by atoms with van der Waals surface area (Å²) >= 11 is 12.9. The lowest BCUT2D eigenvalue weighted by molar-refractivity contribution is 0.0699. The van der Waals surface area contributed by atoms with Gasteiger partial charge in [-0.05, 0) is 68.9 Å². The lowest BCUT2D eigenvalue weighted by Crippen LogP contribution is -2.27. The summed E-state index contributed by atoms with van der Waals surface area (Å²) in [4.78, 5) is 8.98. The first kappa shape index (κ1) is 21.8. The minimum atomic E-state index is 0.363. The van der Waals surface area contributed by atoms with Gasteiger partial charge in [0.1, 0.15) is 0 Å². The fourth-order valence-electron chi connectivity index (χ4n) is 4.43. The number of ether oxygens (including phenoxy) is 1. The summed E-state index contributed by atoms with van der Waals surface area (Å²) in [5.74, 6) is 1.24. The SMILES string of the molecule is NC1CCC(Cc2cc(-c3cnc(Cl)c(NCC4CCOCC4)c3)c(Cl)cn2)CC1. The van der Waals surface area contributed by atoms with Crippen molar-refractivity contribution in [2.45, 2.75) is 51.0 Å². The summed E-state index contributed by atoms with van der Waals surface area (Å²) in [7, 11) is 0. The average Bonchev–Trinajstić information content (AvgIpc) is 2.77. The Bertz CT molecular complexity index is 849. The molecular weight excluding hydrogens is 419 g/mol. The molecule has 2 aliphatic rings. The van der Waals surface area contributed by atoms with E-state index in [0.29, 0.717) is 28.1 Å². The van der Waals surface area contributed by atoms with Gasteiger partial charge in [-0.1, -0.05) is 23.2 Å². The van der Waals surface area contributed by atoms with Crippen molar-refractivity contribution in [3.05, 3.63) is 40.4 Å². The van der Waals surface area contributed by atoms with Crippen LogP contribution in [-0.4, -0.2) is 35.8 Å². The van der Waals surface area contributed by atoms with Crippen LogP contribution in [0.15, 0.2) is 24.5 Å². The van der Waals surface area contributed by atoms with E-state index in [1.165, 1.54) is 12.8 Å². The standard InChI is InChI=1S/C23H30Cl2N4O/c24-21-14-27-19(9-15-1-3-18(26)4-2-15)11-20(21)17-10-22(23(25)29-13-17)28-12-16-5-7-30-8-6-16/h10-11,13-16,18,28H,1-9,12,26H2. The van der Waals surface area contributed by atoms with Crippen molar-refractivity contribution in [2.75, 3.05) is 25.1 Å². The molecule has 1 saturated carbocycles. The van der Waals surface area contributed by atoms with Gasteiger partial charge < -0.3 is 15.8 Å². The number of hydrogen-bond donors (Lipinski definition) is 2. The molecule has 0 atom stereocenters. The maximum atomic E-state index is 6.51. The molecule has 1 aliphatic heterocycles. The third kappa shape index (κ3) is 5.64. The van der Waals surface area contributed by atoms with E-state index >= 15 is 0 Å².